The zero-order valence-electron chi connectivity index (χ0n) is 6.05. The van der Waals surface area contributed by atoms with Crippen molar-refractivity contribution in [3.05, 3.63) is 30.2 Å². The van der Waals surface area contributed by atoms with Gasteiger partial charge < -0.3 is 5.11 Å². The molecule has 1 rings (SSSR count). The Morgan fingerprint density at radius 1 is 1.38 bits per heavy atom. The standard InChI is InChI=1S/C7H3Br2IO3/c8-3-1-4(7(11)12)6(10-13)5(9)2-3/h1-2H,(H,11,12). The molecule has 0 atom stereocenters. The first-order chi connectivity index (χ1) is 6.06. The number of rotatable bonds is 2. The van der Waals surface area contributed by atoms with Crippen molar-refractivity contribution in [2.45, 2.75) is 0 Å². The maximum Gasteiger partial charge on any atom is 0.336 e. The molecule has 13 heavy (non-hydrogen) atoms. The third-order valence-electron chi connectivity index (χ3n) is 1.30. The Bertz CT molecular complexity index is 378. The molecule has 0 radical (unpaired) electrons. The topological polar surface area (TPSA) is 54.4 Å². The lowest BCUT2D eigenvalue weighted by Crippen LogP contribution is -2.00. The minimum atomic E-state index is -1.48. The third-order valence-corrected chi connectivity index (χ3v) is 4.73. The van der Waals surface area contributed by atoms with Gasteiger partial charge >= 0.3 is 5.97 Å². The van der Waals surface area contributed by atoms with Gasteiger partial charge in [-0.05, 0) is 28.1 Å². The van der Waals surface area contributed by atoms with Crippen LogP contribution in [0.2, 0.25) is 0 Å². The second-order valence-electron chi connectivity index (χ2n) is 2.13. The van der Waals surface area contributed by atoms with Crippen LogP contribution in [0.25, 0.3) is 0 Å². The summed E-state index contributed by atoms with van der Waals surface area (Å²) < 4.78 is 12.4. The highest BCUT2D eigenvalue weighted by atomic mass is 127. The molecule has 0 spiro atoms. The first kappa shape index (κ1) is 11.3. The monoisotopic (exact) mass is 420 g/mol. The zero-order valence-corrected chi connectivity index (χ0v) is 11.4. The highest BCUT2D eigenvalue weighted by molar-refractivity contribution is 14.1. The second kappa shape index (κ2) is 4.61. The number of halogens is 3. The number of benzene rings is 1. The lowest BCUT2D eigenvalue weighted by atomic mass is 10.2. The molecule has 0 saturated carbocycles. The van der Waals surface area contributed by atoms with E-state index in [1.165, 1.54) is 6.07 Å². The van der Waals surface area contributed by atoms with Crippen molar-refractivity contribution in [1.29, 1.82) is 0 Å². The third kappa shape index (κ3) is 2.57. The van der Waals surface area contributed by atoms with E-state index in [-0.39, 0.29) is 5.56 Å². The van der Waals surface area contributed by atoms with Crippen molar-refractivity contribution in [3.8, 4) is 0 Å². The Balaban J connectivity index is 3.46. The SMILES string of the molecule is O=Ic1c(Br)cc(Br)cc1C(=O)O. The number of carboxylic acids is 1. The number of hydrogen-bond donors (Lipinski definition) is 1. The average molecular weight is 422 g/mol. The van der Waals surface area contributed by atoms with Crippen molar-refractivity contribution in [3.63, 3.8) is 0 Å². The Hall–Kier alpha value is 0.180. The van der Waals surface area contributed by atoms with Gasteiger partial charge in [0.05, 0.1) is 9.13 Å². The van der Waals surface area contributed by atoms with E-state index in [0.29, 0.717) is 12.5 Å². The number of carboxylic acid groups (broad SMARTS) is 1. The molecular formula is C7H3Br2IO3. The van der Waals surface area contributed by atoms with Gasteiger partial charge in [-0.1, -0.05) is 15.9 Å². The van der Waals surface area contributed by atoms with Crippen LogP contribution in [0.3, 0.4) is 0 Å². The van der Waals surface area contributed by atoms with Gasteiger partial charge in [0.15, 0.2) is 21.2 Å². The summed E-state index contributed by atoms with van der Waals surface area (Å²) in [5, 5.41) is 8.78. The molecule has 3 nitrogen and oxygen atoms in total. The van der Waals surface area contributed by atoms with Gasteiger partial charge in [0.25, 0.3) is 0 Å². The summed E-state index contributed by atoms with van der Waals surface area (Å²) in [4.78, 5) is 10.7. The molecule has 0 unspecified atom stereocenters. The summed E-state index contributed by atoms with van der Waals surface area (Å²) >= 11 is 4.84. The van der Waals surface area contributed by atoms with Gasteiger partial charge in [-0.25, -0.2) is 4.79 Å². The van der Waals surface area contributed by atoms with E-state index >= 15 is 0 Å². The van der Waals surface area contributed by atoms with E-state index in [2.05, 4.69) is 31.9 Å². The Morgan fingerprint density at radius 3 is 2.46 bits per heavy atom. The predicted octanol–water partition coefficient (Wildman–Crippen LogP) is 3.40. The lowest BCUT2D eigenvalue weighted by Gasteiger charge is -2.01. The van der Waals surface area contributed by atoms with Gasteiger partial charge in [-0.15, -0.1) is 0 Å². The fraction of sp³-hybridized carbons (Fsp3) is 0. The molecule has 1 aromatic carbocycles. The van der Waals surface area contributed by atoms with Crippen LogP contribution in [0.5, 0.6) is 0 Å². The molecule has 70 valence electrons. The number of aromatic carboxylic acids is 1. The molecule has 1 aromatic rings. The number of hydrogen-bond acceptors (Lipinski definition) is 2. The predicted molar refractivity (Wildman–Crippen MR) is 62.2 cm³/mol. The first-order valence-electron chi connectivity index (χ1n) is 3.05. The minimum Gasteiger partial charge on any atom is -0.478 e. The van der Waals surface area contributed by atoms with Crippen molar-refractivity contribution in [1.82, 2.24) is 0 Å². The molecule has 0 aliphatic rings. The van der Waals surface area contributed by atoms with Crippen molar-refractivity contribution >= 4 is 59.0 Å². The lowest BCUT2D eigenvalue weighted by molar-refractivity contribution is 0.0695. The Kier molecular flexibility index (Phi) is 3.99. The van der Waals surface area contributed by atoms with Crippen molar-refractivity contribution in [2.24, 2.45) is 0 Å². The normalized spacial score (nSPS) is 10.0. The van der Waals surface area contributed by atoms with Crippen LogP contribution >= 0.6 is 53.1 Å². The Morgan fingerprint density at radius 2 is 2.00 bits per heavy atom. The van der Waals surface area contributed by atoms with Crippen LogP contribution in [0.1, 0.15) is 10.4 Å². The molecule has 0 aliphatic heterocycles. The molecule has 0 bridgehead atoms. The van der Waals surface area contributed by atoms with Gasteiger partial charge in [-0.2, -0.15) is 0 Å². The highest BCUT2D eigenvalue weighted by Crippen LogP contribution is 2.29. The Labute approximate surface area is 101 Å². The smallest absolute Gasteiger partial charge is 0.336 e. The average Bonchev–Trinajstić information content (AvgIpc) is 2.02. The fourth-order valence-electron chi connectivity index (χ4n) is 0.790. The van der Waals surface area contributed by atoms with E-state index < -0.39 is 27.2 Å². The largest absolute Gasteiger partial charge is 0.478 e. The van der Waals surface area contributed by atoms with Crippen molar-refractivity contribution < 1.29 is 13.0 Å². The molecule has 0 aliphatic carbocycles. The van der Waals surface area contributed by atoms with Crippen LogP contribution in [-0.2, 0) is 3.07 Å². The fourth-order valence-corrected chi connectivity index (χ4v) is 3.42. The van der Waals surface area contributed by atoms with E-state index in [1.807, 2.05) is 0 Å². The summed E-state index contributed by atoms with van der Waals surface area (Å²) in [5.41, 5.74) is 0.0871. The summed E-state index contributed by atoms with van der Waals surface area (Å²) in [6.45, 7) is 0. The van der Waals surface area contributed by atoms with Crippen LogP contribution in [0.15, 0.2) is 21.1 Å². The maximum atomic E-state index is 10.8. The summed E-state index contributed by atoms with van der Waals surface area (Å²) in [6, 6.07) is 3.12. The molecule has 6 heteroatoms. The molecule has 0 fully saturated rings. The number of carbonyl (C=O) groups is 1. The van der Waals surface area contributed by atoms with Crippen LogP contribution in [0, 0.1) is 3.57 Å². The van der Waals surface area contributed by atoms with Crippen LogP contribution in [-0.4, -0.2) is 11.1 Å². The van der Waals surface area contributed by atoms with E-state index in [1.54, 1.807) is 6.07 Å². The quantitative estimate of drug-likeness (QED) is 0.588. The van der Waals surface area contributed by atoms with Crippen LogP contribution in [0.4, 0.5) is 0 Å². The first-order valence-corrected chi connectivity index (χ1v) is 6.60. The highest BCUT2D eigenvalue weighted by Gasteiger charge is 2.14. The minimum absolute atomic E-state index is 0.0871. The summed E-state index contributed by atoms with van der Waals surface area (Å²) in [6.07, 6.45) is 0. The molecule has 0 saturated heterocycles. The van der Waals surface area contributed by atoms with Crippen LogP contribution < -0.4 is 0 Å². The summed E-state index contributed by atoms with van der Waals surface area (Å²) in [7, 11) is 0. The summed E-state index contributed by atoms with van der Waals surface area (Å²) in [5.74, 6) is -1.06. The molecule has 1 N–H and O–H groups in total. The maximum absolute atomic E-state index is 10.8. The van der Waals surface area contributed by atoms with E-state index in [0.717, 1.165) is 0 Å². The van der Waals surface area contributed by atoms with Gasteiger partial charge in [0.2, 0.25) is 0 Å². The van der Waals surface area contributed by atoms with E-state index in [9.17, 15) is 7.86 Å². The molecule has 0 amide bonds. The van der Waals surface area contributed by atoms with E-state index in [4.69, 9.17) is 5.11 Å². The van der Waals surface area contributed by atoms with Crippen molar-refractivity contribution in [2.75, 3.05) is 0 Å². The van der Waals surface area contributed by atoms with Gasteiger partial charge in [0.1, 0.15) is 0 Å². The molecule has 0 heterocycles. The van der Waals surface area contributed by atoms with Gasteiger partial charge in [-0.3, -0.25) is 3.07 Å². The second-order valence-corrected chi connectivity index (χ2v) is 5.42. The molecule has 0 aromatic heterocycles. The molecular weight excluding hydrogens is 419 g/mol. The van der Waals surface area contributed by atoms with Gasteiger partial charge in [0, 0.05) is 8.95 Å². The zero-order chi connectivity index (χ0) is 10.0.